The predicted molar refractivity (Wildman–Crippen MR) is 46.6 cm³/mol. The average molecular weight is 248 g/mol. The van der Waals surface area contributed by atoms with Gasteiger partial charge in [-0.25, -0.2) is 8.78 Å². The molecular formula is C8H7ClF5N. The second kappa shape index (κ2) is 4.76. The van der Waals surface area contributed by atoms with Crippen molar-refractivity contribution < 1.29 is 22.0 Å². The molecule has 2 N–H and O–H groups in total. The van der Waals surface area contributed by atoms with E-state index in [2.05, 4.69) is 5.73 Å². The number of rotatable bonds is 1. The molecule has 15 heavy (non-hydrogen) atoms. The van der Waals surface area contributed by atoms with E-state index in [-0.39, 0.29) is 12.4 Å². The number of halogens is 6. The Morgan fingerprint density at radius 2 is 1.47 bits per heavy atom. The molecule has 86 valence electrons. The van der Waals surface area contributed by atoms with Crippen molar-refractivity contribution in [3.05, 3.63) is 35.4 Å². The normalized spacial score (nSPS) is 13.2. The van der Waals surface area contributed by atoms with E-state index >= 15 is 0 Å². The zero-order valence-electron chi connectivity index (χ0n) is 7.18. The molecule has 0 spiro atoms. The fourth-order valence-corrected chi connectivity index (χ4v) is 0.971. The largest absolute Gasteiger partial charge is 0.407 e. The van der Waals surface area contributed by atoms with Gasteiger partial charge in [-0.05, 0) is 12.1 Å². The SMILES string of the molecule is Cl.N[C@@H](c1c(F)cccc1F)C(F)(F)F. The topological polar surface area (TPSA) is 26.0 Å². The van der Waals surface area contributed by atoms with Crippen molar-refractivity contribution in [2.24, 2.45) is 5.73 Å². The molecule has 0 aromatic heterocycles. The van der Waals surface area contributed by atoms with Crippen LogP contribution in [0.3, 0.4) is 0 Å². The third-order valence-electron chi connectivity index (χ3n) is 1.66. The number of nitrogens with two attached hydrogens (primary N) is 1. The van der Waals surface area contributed by atoms with Crippen LogP contribution in [0.2, 0.25) is 0 Å². The molecule has 1 aromatic carbocycles. The van der Waals surface area contributed by atoms with Crippen molar-refractivity contribution in [2.45, 2.75) is 12.2 Å². The van der Waals surface area contributed by atoms with Crippen LogP contribution in [0.15, 0.2) is 18.2 Å². The van der Waals surface area contributed by atoms with E-state index in [4.69, 9.17) is 0 Å². The lowest BCUT2D eigenvalue weighted by atomic mass is 10.1. The maximum Gasteiger partial charge on any atom is 0.407 e. The van der Waals surface area contributed by atoms with Crippen molar-refractivity contribution >= 4 is 12.4 Å². The molecule has 0 bridgehead atoms. The molecule has 0 saturated heterocycles. The van der Waals surface area contributed by atoms with E-state index in [1.54, 1.807) is 0 Å². The lowest BCUT2D eigenvalue weighted by Crippen LogP contribution is -2.30. The first kappa shape index (κ1) is 14.1. The molecule has 1 atom stereocenters. The molecule has 0 aliphatic rings. The highest BCUT2D eigenvalue weighted by molar-refractivity contribution is 5.85. The zero-order chi connectivity index (χ0) is 10.9. The van der Waals surface area contributed by atoms with E-state index in [9.17, 15) is 22.0 Å². The number of alkyl halides is 3. The minimum Gasteiger partial charge on any atom is -0.316 e. The number of benzene rings is 1. The Kier molecular flexibility index (Phi) is 4.48. The van der Waals surface area contributed by atoms with Crippen LogP contribution in [0.5, 0.6) is 0 Å². The summed E-state index contributed by atoms with van der Waals surface area (Å²) in [4.78, 5) is 0. The molecular weight excluding hydrogens is 241 g/mol. The van der Waals surface area contributed by atoms with Crippen LogP contribution in [-0.4, -0.2) is 6.18 Å². The Balaban J connectivity index is 0.00000196. The van der Waals surface area contributed by atoms with Crippen molar-refractivity contribution in [1.82, 2.24) is 0 Å². The van der Waals surface area contributed by atoms with Gasteiger partial charge in [-0.1, -0.05) is 6.07 Å². The molecule has 1 nitrogen and oxygen atoms in total. The fraction of sp³-hybridized carbons (Fsp3) is 0.250. The van der Waals surface area contributed by atoms with Gasteiger partial charge in [0.1, 0.15) is 17.7 Å². The molecule has 0 saturated carbocycles. The van der Waals surface area contributed by atoms with Gasteiger partial charge >= 0.3 is 6.18 Å². The highest BCUT2D eigenvalue weighted by Crippen LogP contribution is 2.32. The van der Waals surface area contributed by atoms with Crippen LogP contribution >= 0.6 is 12.4 Å². The maximum absolute atomic E-state index is 12.8. The van der Waals surface area contributed by atoms with E-state index in [0.717, 1.165) is 18.2 Å². The van der Waals surface area contributed by atoms with Crippen LogP contribution in [0.1, 0.15) is 11.6 Å². The summed E-state index contributed by atoms with van der Waals surface area (Å²) in [6.07, 6.45) is -4.86. The summed E-state index contributed by atoms with van der Waals surface area (Å²) in [5, 5.41) is 0. The van der Waals surface area contributed by atoms with E-state index in [1.165, 1.54) is 0 Å². The quantitative estimate of drug-likeness (QED) is 0.759. The second-order valence-corrected chi connectivity index (χ2v) is 2.65. The molecule has 0 fully saturated rings. The standard InChI is InChI=1S/C8H6F5N.ClH/c9-4-2-1-3-5(10)6(4)7(14)8(11,12)13;/h1-3,7H,14H2;1H/t7-;/m0./s1. The fourth-order valence-electron chi connectivity index (χ4n) is 0.971. The Labute approximate surface area is 88.5 Å². The first-order valence-corrected chi connectivity index (χ1v) is 3.60. The number of hydrogen-bond acceptors (Lipinski definition) is 1. The Morgan fingerprint density at radius 1 is 1.07 bits per heavy atom. The molecule has 1 rings (SSSR count). The summed E-state index contributed by atoms with van der Waals surface area (Å²) in [6, 6.07) is -0.214. The summed E-state index contributed by atoms with van der Waals surface area (Å²) in [5.41, 5.74) is 3.52. The van der Waals surface area contributed by atoms with Crippen LogP contribution in [0.25, 0.3) is 0 Å². The lowest BCUT2D eigenvalue weighted by Gasteiger charge is -2.16. The van der Waals surface area contributed by atoms with Crippen LogP contribution < -0.4 is 5.73 Å². The zero-order valence-corrected chi connectivity index (χ0v) is 8.00. The van der Waals surface area contributed by atoms with Gasteiger partial charge in [0.25, 0.3) is 0 Å². The summed E-state index contributed by atoms with van der Waals surface area (Å²) in [6.45, 7) is 0. The number of hydrogen-bond donors (Lipinski definition) is 1. The van der Waals surface area contributed by atoms with Gasteiger partial charge < -0.3 is 5.73 Å². The molecule has 0 unspecified atom stereocenters. The predicted octanol–water partition coefficient (Wildman–Crippen LogP) is 2.95. The molecule has 0 amide bonds. The molecule has 7 heteroatoms. The summed E-state index contributed by atoms with van der Waals surface area (Å²) in [7, 11) is 0. The van der Waals surface area contributed by atoms with Crippen LogP contribution in [0.4, 0.5) is 22.0 Å². The third kappa shape index (κ3) is 3.04. The highest BCUT2D eigenvalue weighted by atomic mass is 35.5. The van der Waals surface area contributed by atoms with Crippen LogP contribution in [0, 0.1) is 11.6 Å². The monoisotopic (exact) mass is 247 g/mol. The van der Waals surface area contributed by atoms with Gasteiger partial charge in [-0.2, -0.15) is 13.2 Å². The van der Waals surface area contributed by atoms with Crippen molar-refractivity contribution in [3.63, 3.8) is 0 Å². The smallest absolute Gasteiger partial charge is 0.316 e. The van der Waals surface area contributed by atoms with E-state index in [1.807, 2.05) is 0 Å². The lowest BCUT2D eigenvalue weighted by molar-refractivity contribution is -0.150. The molecule has 1 aromatic rings. The van der Waals surface area contributed by atoms with Crippen LogP contribution in [-0.2, 0) is 0 Å². The van der Waals surface area contributed by atoms with Crippen molar-refractivity contribution in [1.29, 1.82) is 0 Å². The van der Waals surface area contributed by atoms with E-state index in [0.29, 0.717) is 0 Å². The molecule has 0 aliphatic carbocycles. The summed E-state index contributed by atoms with van der Waals surface area (Å²) >= 11 is 0. The molecule has 0 radical (unpaired) electrons. The van der Waals surface area contributed by atoms with Gasteiger partial charge in [0.2, 0.25) is 0 Å². The molecule has 0 aliphatic heterocycles. The second-order valence-electron chi connectivity index (χ2n) is 2.65. The van der Waals surface area contributed by atoms with Crippen molar-refractivity contribution in [3.8, 4) is 0 Å². The Morgan fingerprint density at radius 3 is 1.80 bits per heavy atom. The van der Waals surface area contributed by atoms with Gasteiger partial charge in [-0.3, -0.25) is 0 Å². The summed E-state index contributed by atoms with van der Waals surface area (Å²) in [5.74, 6) is -2.59. The first-order valence-electron chi connectivity index (χ1n) is 3.60. The third-order valence-corrected chi connectivity index (χ3v) is 1.66. The van der Waals surface area contributed by atoms with Gasteiger partial charge in [-0.15, -0.1) is 12.4 Å². The summed E-state index contributed by atoms with van der Waals surface area (Å²) < 4.78 is 61.7. The van der Waals surface area contributed by atoms with Gasteiger partial charge in [0.15, 0.2) is 0 Å². The maximum atomic E-state index is 12.8. The van der Waals surface area contributed by atoms with E-state index < -0.39 is 29.4 Å². The van der Waals surface area contributed by atoms with Crippen molar-refractivity contribution in [2.75, 3.05) is 0 Å². The van der Waals surface area contributed by atoms with Gasteiger partial charge in [0, 0.05) is 5.56 Å². The van der Waals surface area contributed by atoms with Gasteiger partial charge in [0.05, 0.1) is 0 Å². The minimum atomic E-state index is -4.86. The average Bonchev–Trinajstić information content (AvgIpc) is 2.01. The molecule has 0 heterocycles. The highest BCUT2D eigenvalue weighted by Gasteiger charge is 2.40. The Bertz CT molecular complexity index is 318. The minimum absolute atomic E-state index is 0. The Hall–Kier alpha value is -0.880. The first-order chi connectivity index (χ1) is 6.34.